The van der Waals surface area contributed by atoms with E-state index in [1.54, 1.807) is 0 Å². The van der Waals surface area contributed by atoms with Crippen molar-refractivity contribution in [1.29, 1.82) is 0 Å². The third-order valence-electron chi connectivity index (χ3n) is 6.61. The summed E-state index contributed by atoms with van der Waals surface area (Å²) in [7, 11) is 0. The number of benzene rings is 4. The molecule has 5 rings (SSSR count). The molecule has 0 spiro atoms. The maximum Gasteiger partial charge on any atom is 0.173 e. The van der Waals surface area contributed by atoms with Crippen LogP contribution in [0.2, 0.25) is 0 Å². The Hall–Kier alpha value is -4.17. The second kappa shape index (κ2) is 10.8. The molecule has 5 aromatic rings. The largest absolute Gasteiger partial charge is 0.494 e. The van der Waals surface area contributed by atoms with Crippen molar-refractivity contribution in [1.82, 2.24) is 0 Å². The predicted molar refractivity (Wildman–Crippen MR) is 142 cm³/mol. The van der Waals surface area contributed by atoms with Crippen LogP contribution in [0.25, 0.3) is 0 Å². The molecule has 0 aliphatic carbocycles. The molecule has 2 heteroatoms. The van der Waals surface area contributed by atoms with E-state index in [-0.39, 0.29) is 5.41 Å². The molecule has 0 saturated carbocycles. The van der Waals surface area contributed by atoms with E-state index < -0.39 is 0 Å². The molecule has 1 aromatic heterocycles. The molecule has 0 unspecified atom stereocenters. The van der Waals surface area contributed by atoms with Crippen molar-refractivity contribution in [3.05, 3.63) is 168 Å². The van der Waals surface area contributed by atoms with Gasteiger partial charge in [0.2, 0.25) is 0 Å². The van der Waals surface area contributed by atoms with Crippen molar-refractivity contribution in [3.8, 4) is 5.75 Å². The molecule has 0 N–H and O–H groups in total. The van der Waals surface area contributed by atoms with Crippen LogP contribution < -0.4 is 9.30 Å². The zero-order valence-electron chi connectivity index (χ0n) is 19.8. The van der Waals surface area contributed by atoms with E-state index in [1.165, 1.54) is 22.3 Å². The van der Waals surface area contributed by atoms with E-state index in [2.05, 4.69) is 144 Å². The molecule has 0 radical (unpaired) electrons. The number of ether oxygens (including phenoxy) is 1. The van der Waals surface area contributed by atoms with Gasteiger partial charge in [-0.05, 0) is 47.4 Å². The van der Waals surface area contributed by atoms with Crippen LogP contribution in [0.15, 0.2) is 146 Å². The molecule has 0 saturated heterocycles. The molecular weight excluding hydrogens is 426 g/mol. The summed E-state index contributed by atoms with van der Waals surface area (Å²) in [5.41, 5.74) is 4.78. The maximum absolute atomic E-state index is 6.32. The van der Waals surface area contributed by atoms with E-state index in [0.29, 0.717) is 6.61 Å². The fraction of sp³-hybridized carbons (Fsp3) is 0.121. The van der Waals surface area contributed by atoms with Gasteiger partial charge in [-0.1, -0.05) is 97.1 Å². The lowest BCUT2D eigenvalue weighted by atomic mass is 9.67. The normalized spacial score (nSPS) is 11.2. The van der Waals surface area contributed by atoms with Crippen LogP contribution in [-0.2, 0) is 12.0 Å². The Morgan fingerprint density at radius 2 is 0.971 bits per heavy atom. The Morgan fingerprint density at radius 1 is 0.514 bits per heavy atom. The summed E-state index contributed by atoms with van der Waals surface area (Å²) in [5, 5.41) is 0. The van der Waals surface area contributed by atoms with Gasteiger partial charge in [0.25, 0.3) is 0 Å². The summed E-state index contributed by atoms with van der Waals surface area (Å²) in [6, 6.07) is 47.0. The molecule has 0 bridgehead atoms. The predicted octanol–water partition coefficient (Wildman–Crippen LogP) is 6.83. The molecular formula is C33H30NO+. The minimum atomic E-state index is -0.298. The summed E-state index contributed by atoms with van der Waals surface area (Å²) in [6.45, 7) is 1.45. The summed E-state index contributed by atoms with van der Waals surface area (Å²) in [6.07, 6.45) is 4.99. The third kappa shape index (κ3) is 5.17. The summed E-state index contributed by atoms with van der Waals surface area (Å²) < 4.78 is 8.49. The van der Waals surface area contributed by atoms with Crippen molar-refractivity contribution in [2.75, 3.05) is 6.61 Å². The highest BCUT2D eigenvalue weighted by Gasteiger charge is 2.36. The highest BCUT2D eigenvalue weighted by molar-refractivity contribution is 5.50. The topological polar surface area (TPSA) is 13.1 Å². The lowest BCUT2D eigenvalue weighted by molar-refractivity contribution is -0.688. The smallest absolute Gasteiger partial charge is 0.173 e. The van der Waals surface area contributed by atoms with Crippen molar-refractivity contribution in [2.45, 2.75) is 18.4 Å². The average Bonchev–Trinajstić information content (AvgIpc) is 2.94. The first kappa shape index (κ1) is 22.6. The first-order chi connectivity index (χ1) is 17.3. The highest BCUT2D eigenvalue weighted by Crippen LogP contribution is 2.42. The van der Waals surface area contributed by atoms with Crippen LogP contribution in [0.3, 0.4) is 0 Å². The van der Waals surface area contributed by atoms with E-state index in [4.69, 9.17) is 4.74 Å². The highest BCUT2D eigenvalue weighted by atomic mass is 16.5. The Bertz CT molecular complexity index is 1210. The number of hydrogen-bond donors (Lipinski definition) is 0. The van der Waals surface area contributed by atoms with Crippen LogP contribution in [0, 0.1) is 0 Å². The molecule has 0 atom stereocenters. The monoisotopic (exact) mass is 456 g/mol. The van der Waals surface area contributed by atoms with E-state index >= 15 is 0 Å². The van der Waals surface area contributed by atoms with Gasteiger partial charge in [-0.15, -0.1) is 0 Å². The molecule has 0 fully saturated rings. The Balaban J connectivity index is 1.40. The third-order valence-corrected chi connectivity index (χ3v) is 6.61. The number of rotatable bonds is 9. The molecule has 0 aliphatic heterocycles. The van der Waals surface area contributed by atoms with Gasteiger partial charge in [0, 0.05) is 23.1 Å². The van der Waals surface area contributed by atoms with Gasteiger partial charge in [0.1, 0.15) is 5.75 Å². The Kier molecular flexibility index (Phi) is 7.00. The Morgan fingerprint density at radius 3 is 1.46 bits per heavy atom. The van der Waals surface area contributed by atoms with Crippen molar-refractivity contribution in [3.63, 3.8) is 0 Å². The van der Waals surface area contributed by atoms with Gasteiger partial charge >= 0.3 is 0 Å². The first-order valence-electron chi connectivity index (χ1n) is 12.2. The molecule has 1 heterocycles. The van der Waals surface area contributed by atoms with Crippen molar-refractivity contribution in [2.24, 2.45) is 0 Å². The standard InChI is InChI=1S/C33H30NO/c1-5-13-29(14-6-1)33(30-15-7-2-8-16-30,31-17-9-3-10-18-31)23-26-35-32-21-19-28(20-22-32)27-34-24-11-4-12-25-34/h1-22,24-25H,23,26-27H2/q+1. The van der Waals surface area contributed by atoms with Gasteiger partial charge in [-0.3, -0.25) is 0 Å². The molecule has 0 amide bonds. The van der Waals surface area contributed by atoms with E-state index in [1.807, 2.05) is 6.07 Å². The molecule has 2 nitrogen and oxygen atoms in total. The summed E-state index contributed by atoms with van der Waals surface area (Å²) in [5.74, 6) is 0.898. The Labute approximate surface area is 208 Å². The molecule has 0 aliphatic rings. The van der Waals surface area contributed by atoms with Gasteiger partial charge in [0.15, 0.2) is 18.9 Å². The van der Waals surface area contributed by atoms with E-state index in [9.17, 15) is 0 Å². The van der Waals surface area contributed by atoms with Gasteiger partial charge in [-0.2, -0.15) is 0 Å². The van der Waals surface area contributed by atoms with Gasteiger partial charge < -0.3 is 4.74 Å². The fourth-order valence-electron chi connectivity index (χ4n) is 4.86. The quantitative estimate of drug-likeness (QED) is 0.175. The van der Waals surface area contributed by atoms with E-state index in [0.717, 1.165) is 18.7 Å². The summed E-state index contributed by atoms with van der Waals surface area (Å²) in [4.78, 5) is 0. The van der Waals surface area contributed by atoms with Crippen LogP contribution in [0.1, 0.15) is 28.7 Å². The minimum absolute atomic E-state index is 0.298. The van der Waals surface area contributed by atoms with Crippen LogP contribution in [0.4, 0.5) is 0 Å². The number of aromatic nitrogens is 1. The lowest BCUT2D eigenvalue weighted by Crippen LogP contribution is -2.32. The maximum atomic E-state index is 6.32. The van der Waals surface area contributed by atoms with Crippen molar-refractivity contribution < 1.29 is 9.30 Å². The minimum Gasteiger partial charge on any atom is -0.494 e. The fourth-order valence-corrected chi connectivity index (χ4v) is 4.86. The lowest BCUT2D eigenvalue weighted by Gasteiger charge is -2.36. The SMILES string of the molecule is c1ccc(C(CCOc2ccc(C[n+]3ccccc3)cc2)(c2ccccc2)c2ccccc2)cc1. The van der Waals surface area contributed by atoms with Gasteiger partial charge in [0.05, 0.1) is 6.61 Å². The first-order valence-corrected chi connectivity index (χ1v) is 12.2. The molecule has 172 valence electrons. The second-order valence-corrected chi connectivity index (χ2v) is 8.79. The zero-order chi connectivity index (χ0) is 23.8. The van der Waals surface area contributed by atoms with Gasteiger partial charge in [-0.25, -0.2) is 4.57 Å². The number of nitrogens with zero attached hydrogens (tertiary/aromatic N) is 1. The number of hydrogen-bond acceptors (Lipinski definition) is 1. The zero-order valence-corrected chi connectivity index (χ0v) is 19.8. The number of pyridine rings is 1. The second-order valence-electron chi connectivity index (χ2n) is 8.79. The summed E-state index contributed by atoms with van der Waals surface area (Å²) >= 11 is 0. The van der Waals surface area contributed by atoms with Crippen LogP contribution in [-0.4, -0.2) is 6.61 Å². The average molecular weight is 457 g/mol. The molecule has 4 aromatic carbocycles. The molecule has 35 heavy (non-hydrogen) atoms. The van der Waals surface area contributed by atoms with Crippen molar-refractivity contribution >= 4 is 0 Å². The van der Waals surface area contributed by atoms with Crippen LogP contribution >= 0.6 is 0 Å². The van der Waals surface area contributed by atoms with Crippen LogP contribution in [0.5, 0.6) is 5.75 Å².